The van der Waals surface area contributed by atoms with Crippen molar-refractivity contribution >= 4 is 37.0 Å². The Bertz CT molecular complexity index is 1020. The predicted molar refractivity (Wildman–Crippen MR) is 152 cm³/mol. The summed E-state index contributed by atoms with van der Waals surface area (Å²) in [5, 5.41) is 4.78. The van der Waals surface area contributed by atoms with Gasteiger partial charge in [0.15, 0.2) is 0 Å². The summed E-state index contributed by atoms with van der Waals surface area (Å²) < 4.78 is 19.4. The average molecular weight is 582 g/mol. The van der Waals surface area contributed by atoms with Crippen molar-refractivity contribution in [3.63, 3.8) is 0 Å². The number of amides is 3. The zero-order chi connectivity index (χ0) is 27.5. The minimum atomic E-state index is -3.72. The molecule has 0 spiro atoms. The summed E-state index contributed by atoms with van der Waals surface area (Å²) in [5.41, 5.74) is 0. The molecule has 3 aliphatic heterocycles. The molecule has 4 fully saturated rings. The van der Waals surface area contributed by atoms with Crippen molar-refractivity contribution in [1.29, 1.82) is 0 Å². The van der Waals surface area contributed by atoms with E-state index in [2.05, 4.69) is 10.6 Å². The Balaban J connectivity index is 1.32. The Morgan fingerprint density at radius 3 is 2.54 bits per heavy atom. The van der Waals surface area contributed by atoms with Crippen molar-refractivity contribution in [3.05, 3.63) is 11.0 Å². The molecule has 2 saturated carbocycles. The lowest BCUT2D eigenvalue weighted by Crippen LogP contribution is -2.55. The first kappa shape index (κ1) is 29.0. The standard InChI is InChI=1S/C28H44N3O6PS/c32-25-24-15-8-16-31(24)26(33)23(29-27(34)37-21-11-6-7-12-21)14-5-3-1-2-4-10-20-18-28(20,30-25)38(35,36)19-22-13-9-17-39-22/h13,20-21,23-24H,1-12,14-19H2,(H,29,34)(H,30,32)(H,35,36)/t20-,23+,24+,28+/m1/s1. The van der Waals surface area contributed by atoms with Crippen molar-refractivity contribution < 1.29 is 28.6 Å². The maximum atomic E-state index is 13.8. The maximum absolute atomic E-state index is 13.8. The highest BCUT2D eigenvalue weighted by Gasteiger charge is 2.66. The second-order valence-corrected chi connectivity index (χ2v) is 15.8. The number of carbonyl (C=O) groups excluding carboxylic acids is 3. The quantitative estimate of drug-likeness (QED) is 0.395. The number of hydrogen-bond donors (Lipinski definition) is 3. The average Bonchev–Trinajstić information content (AvgIpc) is 3.41. The molecule has 0 aromatic heterocycles. The van der Waals surface area contributed by atoms with Crippen LogP contribution in [0.2, 0.25) is 0 Å². The molecule has 0 bridgehead atoms. The molecule has 2 aliphatic carbocycles. The molecule has 3 N–H and O–H groups in total. The van der Waals surface area contributed by atoms with E-state index in [1.807, 2.05) is 6.08 Å². The molecule has 11 heteroatoms. The second-order valence-electron chi connectivity index (χ2n) is 12.0. The van der Waals surface area contributed by atoms with Gasteiger partial charge < -0.3 is 25.2 Å². The third kappa shape index (κ3) is 6.70. The van der Waals surface area contributed by atoms with Crippen molar-refractivity contribution in [1.82, 2.24) is 15.5 Å². The van der Waals surface area contributed by atoms with Crippen LogP contribution in [0.3, 0.4) is 0 Å². The van der Waals surface area contributed by atoms with Gasteiger partial charge in [-0.3, -0.25) is 14.2 Å². The van der Waals surface area contributed by atoms with Crippen LogP contribution >= 0.6 is 19.1 Å². The first-order chi connectivity index (χ1) is 18.8. The third-order valence-electron chi connectivity index (χ3n) is 9.23. The number of hydrogen-bond acceptors (Lipinski definition) is 6. The van der Waals surface area contributed by atoms with Gasteiger partial charge in [0.25, 0.3) is 0 Å². The number of alkyl carbamates (subject to hydrolysis) is 1. The molecule has 9 nitrogen and oxygen atoms in total. The van der Waals surface area contributed by atoms with Crippen LogP contribution in [-0.4, -0.2) is 69.6 Å². The first-order valence-electron chi connectivity index (χ1n) is 15.0. The van der Waals surface area contributed by atoms with Crippen molar-refractivity contribution in [2.24, 2.45) is 5.92 Å². The monoisotopic (exact) mass is 581 g/mol. The molecule has 5 atom stereocenters. The van der Waals surface area contributed by atoms with Crippen molar-refractivity contribution in [2.45, 2.75) is 120 Å². The van der Waals surface area contributed by atoms with Gasteiger partial charge in [0.05, 0.1) is 6.16 Å². The van der Waals surface area contributed by atoms with Crippen LogP contribution in [0.4, 0.5) is 4.79 Å². The SMILES string of the molecule is O=C(N[C@H]1CCCCCCC[C@@H]2C[C@@]2(P(=O)(O)CC2=CCCS2)NC(=O)[C@@H]2CCCN2C1=O)OC1CCCC1. The Labute approximate surface area is 236 Å². The molecule has 0 aromatic rings. The molecule has 5 aliphatic rings. The molecular weight excluding hydrogens is 537 g/mol. The highest BCUT2D eigenvalue weighted by molar-refractivity contribution is 8.03. The lowest BCUT2D eigenvalue weighted by molar-refractivity contribution is -0.140. The Hall–Kier alpha value is -1.51. The molecular formula is C28H44N3O6PS. The van der Waals surface area contributed by atoms with E-state index in [0.29, 0.717) is 32.2 Å². The highest BCUT2D eigenvalue weighted by Crippen LogP contribution is 2.71. The summed E-state index contributed by atoms with van der Waals surface area (Å²) in [7, 11) is -3.72. The topological polar surface area (TPSA) is 125 Å². The van der Waals surface area contributed by atoms with Gasteiger partial charge in [0.1, 0.15) is 23.5 Å². The summed E-state index contributed by atoms with van der Waals surface area (Å²) in [5.74, 6) is 0.320. The number of nitrogens with one attached hydrogen (secondary N) is 2. The highest BCUT2D eigenvalue weighted by atomic mass is 32.2. The van der Waals surface area contributed by atoms with E-state index < -0.39 is 30.8 Å². The van der Waals surface area contributed by atoms with Crippen LogP contribution in [-0.2, 0) is 18.9 Å². The number of allylic oxidation sites excluding steroid dienone is 2. The molecule has 218 valence electrons. The lowest BCUT2D eigenvalue weighted by Gasteiger charge is -2.32. The van der Waals surface area contributed by atoms with Gasteiger partial charge in [-0.05, 0) is 75.0 Å². The van der Waals surface area contributed by atoms with E-state index in [4.69, 9.17) is 4.74 Å². The summed E-state index contributed by atoms with van der Waals surface area (Å²) in [6.07, 6.45) is 13.9. The van der Waals surface area contributed by atoms with Crippen LogP contribution < -0.4 is 10.6 Å². The van der Waals surface area contributed by atoms with E-state index in [1.165, 1.54) is 0 Å². The fraction of sp³-hybridized carbons (Fsp3) is 0.821. The summed E-state index contributed by atoms with van der Waals surface area (Å²) in [6, 6.07) is -1.44. The molecule has 1 unspecified atom stereocenters. The number of rotatable bonds is 5. The smallest absolute Gasteiger partial charge is 0.408 e. The van der Waals surface area contributed by atoms with Crippen LogP contribution in [0.1, 0.15) is 96.3 Å². The van der Waals surface area contributed by atoms with Crippen molar-refractivity contribution in [3.8, 4) is 0 Å². The molecule has 0 aromatic carbocycles. The minimum Gasteiger partial charge on any atom is -0.446 e. The van der Waals surface area contributed by atoms with Gasteiger partial charge in [-0.15, -0.1) is 11.8 Å². The predicted octanol–water partition coefficient (Wildman–Crippen LogP) is 4.88. The second kappa shape index (κ2) is 12.6. The molecule has 3 heterocycles. The largest absolute Gasteiger partial charge is 0.446 e. The minimum absolute atomic E-state index is 0.0141. The van der Waals surface area contributed by atoms with Gasteiger partial charge in [0, 0.05) is 12.3 Å². The van der Waals surface area contributed by atoms with Gasteiger partial charge in [-0.2, -0.15) is 0 Å². The number of ether oxygens (including phenoxy) is 1. The molecule has 5 rings (SSSR count). The molecule has 0 radical (unpaired) electrons. The van der Waals surface area contributed by atoms with Crippen LogP contribution in [0.25, 0.3) is 0 Å². The van der Waals surface area contributed by atoms with E-state index >= 15 is 0 Å². The molecule has 39 heavy (non-hydrogen) atoms. The van der Waals surface area contributed by atoms with Gasteiger partial charge in [-0.25, -0.2) is 4.79 Å². The third-order valence-corrected chi connectivity index (χ3v) is 13.2. The van der Waals surface area contributed by atoms with E-state index in [1.54, 1.807) is 16.7 Å². The fourth-order valence-electron chi connectivity index (χ4n) is 6.92. The summed E-state index contributed by atoms with van der Waals surface area (Å²) in [6.45, 7) is 0.434. The Morgan fingerprint density at radius 2 is 1.79 bits per heavy atom. The number of nitrogens with zero attached hydrogens (tertiary/aromatic N) is 1. The van der Waals surface area contributed by atoms with Crippen LogP contribution in [0.15, 0.2) is 11.0 Å². The normalized spacial score (nSPS) is 34.1. The van der Waals surface area contributed by atoms with Gasteiger partial charge in [-0.1, -0.05) is 38.2 Å². The van der Waals surface area contributed by atoms with Crippen LogP contribution in [0.5, 0.6) is 0 Å². The Morgan fingerprint density at radius 1 is 1.08 bits per heavy atom. The zero-order valence-electron chi connectivity index (χ0n) is 22.9. The van der Waals surface area contributed by atoms with Crippen LogP contribution in [0, 0.1) is 5.92 Å². The molecule has 2 saturated heterocycles. The van der Waals surface area contributed by atoms with E-state index in [9.17, 15) is 23.8 Å². The maximum Gasteiger partial charge on any atom is 0.408 e. The summed E-state index contributed by atoms with van der Waals surface area (Å²) in [4.78, 5) is 54.0. The van der Waals surface area contributed by atoms with E-state index in [-0.39, 0.29) is 30.0 Å². The lowest BCUT2D eigenvalue weighted by atomic mass is 10.0. The van der Waals surface area contributed by atoms with Gasteiger partial charge >= 0.3 is 6.09 Å². The Kier molecular flexibility index (Phi) is 9.34. The summed E-state index contributed by atoms with van der Waals surface area (Å²) >= 11 is 1.63. The van der Waals surface area contributed by atoms with E-state index in [0.717, 1.165) is 81.3 Å². The zero-order valence-corrected chi connectivity index (χ0v) is 24.6. The number of carbonyl (C=O) groups is 3. The van der Waals surface area contributed by atoms with Crippen molar-refractivity contribution in [2.75, 3.05) is 18.5 Å². The van der Waals surface area contributed by atoms with Gasteiger partial charge in [0.2, 0.25) is 19.2 Å². The number of fused-ring (bicyclic) bond motifs is 2. The first-order valence-corrected chi connectivity index (χ1v) is 17.9. The molecule has 3 amide bonds. The fourth-order valence-corrected chi connectivity index (χ4v) is 10.9. The number of thioether (sulfide) groups is 1.